The Labute approximate surface area is 283 Å². The van der Waals surface area contributed by atoms with Gasteiger partial charge in [-0.1, -0.05) is 44.2 Å². The molecule has 16 heteroatoms. The predicted molar refractivity (Wildman–Crippen MR) is 166 cm³/mol. The van der Waals surface area contributed by atoms with Gasteiger partial charge in [0.15, 0.2) is 5.78 Å². The molecule has 3 N–H and O–H groups in total. The second kappa shape index (κ2) is 16.9. The van der Waals surface area contributed by atoms with E-state index in [0.717, 1.165) is 11.4 Å². The van der Waals surface area contributed by atoms with E-state index in [2.05, 4.69) is 15.6 Å². The molecule has 3 atom stereocenters. The molecule has 1 heterocycles. The van der Waals surface area contributed by atoms with Gasteiger partial charge in [-0.2, -0.15) is 22.0 Å². The van der Waals surface area contributed by atoms with Gasteiger partial charge in [-0.05, 0) is 53.4 Å². The molecule has 0 unspecified atom stereocenters. The van der Waals surface area contributed by atoms with E-state index in [9.17, 15) is 50.3 Å². The van der Waals surface area contributed by atoms with Crippen molar-refractivity contribution in [2.45, 2.75) is 50.9 Å². The van der Waals surface area contributed by atoms with Crippen molar-refractivity contribution in [1.82, 2.24) is 20.9 Å². The Balaban J connectivity index is 1.95. The number of methoxy groups -OCH3 is 1. The molecule has 0 aliphatic rings. The van der Waals surface area contributed by atoms with Crippen LogP contribution >= 0.6 is 0 Å². The smallest absolute Gasteiger partial charge is 0.405 e. The van der Waals surface area contributed by atoms with Crippen LogP contribution in [0, 0.1) is 17.7 Å². The number of rotatable bonds is 16. The lowest BCUT2D eigenvalue weighted by molar-refractivity contribution is -0.167. The van der Waals surface area contributed by atoms with Crippen molar-refractivity contribution in [2.24, 2.45) is 11.8 Å². The minimum Gasteiger partial charge on any atom is -0.497 e. The van der Waals surface area contributed by atoms with E-state index in [1.165, 1.54) is 81.8 Å². The van der Waals surface area contributed by atoms with Gasteiger partial charge in [-0.25, -0.2) is 4.39 Å². The molecule has 0 saturated carbocycles. The van der Waals surface area contributed by atoms with E-state index in [0.29, 0.717) is 5.75 Å². The molecule has 0 saturated heterocycles. The van der Waals surface area contributed by atoms with E-state index >= 15 is 0 Å². The maximum absolute atomic E-state index is 14.9. The van der Waals surface area contributed by atoms with Crippen LogP contribution in [0.1, 0.15) is 47.9 Å². The summed E-state index contributed by atoms with van der Waals surface area (Å²) in [5.74, 6) is -15.4. The quantitative estimate of drug-likeness (QED) is 0.147. The monoisotopic (exact) mass is 708 g/mol. The van der Waals surface area contributed by atoms with Gasteiger partial charge < -0.3 is 20.7 Å². The van der Waals surface area contributed by atoms with Crippen LogP contribution in [0.5, 0.6) is 5.75 Å². The largest absolute Gasteiger partial charge is 0.497 e. The molecule has 0 aliphatic heterocycles. The fourth-order valence-electron chi connectivity index (χ4n) is 4.83. The lowest BCUT2D eigenvalue weighted by atomic mass is 9.82. The summed E-state index contributed by atoms with van der Waals surface area (Å²) < 4.78 is 86.5. The predicted octanol–water partition coefficient (Wildman–Crippen LogP) is 4.54. The van der Waals surface area contributed by atoms with Crippen LogP contribution in [0.25, 0.3) is 0 Å². The Kier molecular flexibility index (Phi) is 13.2. The van der Waals surface area contributed by atoms with Crippen molar-refractivity contribution in [1.29, 1.82) is 0 Å². The third-order valence-corrected chi connectivity index (χ3v) is 7.51. The lowest BCUT2D eigenvalue weighted by Crippen LogP contribution is -2.52. The molecule has 0 aliphatic carbocycles. The highest BCUT2D eigenvalue weighted by Crippen LogP contribution is 2.30. The Morgan fingerprint density at radius 3 is 2.12 bits per heavy atom. The molecule has 0 spiro atoms. The number of ketones is 2. The van der Waals surface area contributed by atoms with E-state index in [-0.39, 0.29) is 23.2 Å². The first-order chi connectivity index (χ1) is 23.4. The van der Waals surface area contributed by atoms with Gasteiger partial charge in [0.25, 0.3) is 11.8 Å². The zero-order chi connectivity index (χ0) is 37.2. The van der Waals surface area contributed by atoms with Crippen LogP contribution < -0.4 is 20.7 Å². The summed E-state index contributed by atoms with van der Waals surface area (Å²) in [4.78, 5) is 69.5. The number of nitrogens with zero attached hydrogens (tertiary/aromatic N) is 1. The maximum Gasteiger partial charge on any atom is 0.405 e. The average Bonchev–Trinajstić information content (AvgIpc) is 3.07. The highest BCUT2D eigenvalue weighted by molar-refractivity contribution is 6.09. The van der Waals surface area contributed by atoms with Gasteiger partial charge in [0.2, 0.25) is 11.7 Å². The number of benzene rings is 2. The van der Waals surface area contributed by atoms with Crippen LogP contribution in [0.2, 0.25) is 0 Å². The van der Waals surface area contributed by atoms with Gasteiger partial charge in [0.05, 0.1) is 7.11 Å². The Morgan fingerprint density at radius 2 is 1.56 bits per heavy atom. The number of carbonyl (C=O) groups is 5. The van der Waals surface area contributed by atoms with E-state index in [4.69, 9.17) is 4.74 Å². The molecule has 10 nitrogen and oxygen atoms in total. The molecule has 0 fully saturated rings. The summed E-state index contributed by atoms with van der Waals surface area (Å²) in [5, 5.41) is 5.97. The Morgan fingerprint density at radius 1 is 0.880 bits per heavy atom. The number of alkyl halides is 5. The van der Waals surface area contributed by atoms with E-state index in [1.54, 1.807) is 6.07 Å². The second-order valence-corrected chi connectivity index (χ2v) is 11.5. The van der Waals surface area contributed by atoms with Crippen molar-refractivity contribution in [2.75, 3.05) is 13.7 Å². The van der Waals surface area contributed by atoms with Gasteiger partial charge in [-0.15, -0.1) is 0 Å². The van der Waals surface area contributed by atoms with Gasteiger partial charge in [0, 0.05) is 25.0 Å². The number of ether oxygens (including phenoxy) is 1. The highest BCUT2D eigenvalue weighted by Gasteiger charge is 2.52. The van der Waals surface area contributed by atoms with Gasteiger partial charge >= 0.3 is 12.1 Å². The number of carbonyl (C=O) groups excluding carboxylic acids is 5. The molecule has 268 valence electrons. The van der Waals surface area contributed by atoms with Crippen molar-refractivity contribution in [3.63, 3.8) is 0 Å². The van der Waals surface area contributed by atoms with Crippen LogP contribution in [-0.2, 0) is 25.6 Å². The molecule has 1 aromatic heterocycles. The Hall–Kier alpha value is -5.28. The SMILES string of the molecule is COc1ccc([C@H](NC(=O)[C@H](Cc2cccc(F)c2)NC(=O)c2ccccn2)C(=O)C[C@H](C(=O)C(F)(F)C(=O)NCC(F)(F)F)C(C)C)cc1. The number of Topliss-reactive ketones (excluding diaryl/α,β-unsaturated/α-hetero) is 2. The number of nitrogens with one attached hydrogen (secondary N) is 3. The lowest BCUT2D eigenvalue weighted by Gasteiger charge is -2.27. The molecule has 0 bridgehead atoms. The first-order valence-electron chi connectivity index (χ1n) is 15.1. The topological polar surface area (TPSA) is 144 Å². The van der Waals surface area contributed by atoms with Crippen molar-refractivity contribution in [3.8, 4) is 5.75 Å². The summed E-state index contributed by atoms with van der Waals surface area (Å²) in [6.45, 7) is 0.477. The minimum atomic E-state index is -5.03. The zero-order valence-electron chi connectivity index (χ0n) is 27.0. The number of hydrogen-bond acceptors (Lipinski definition) is 7. The molecule has 0 radical (unpaired) electrons. The van der Waals surface area contributed by atoms with Gasteiger partial charge in [-0.3, -0.25) is 29.0 Å². The first-order valence-corrected chi connectivity index (χ1v) is 15.1. The normalized spacial score (nSPS) is 13.5. The van der Waals surface area contributed by atoms with Crippen LogP contribution in [0.15, 0.2) is 72.9 Å². The number of aromatic nitrogens is 1. The number of pyridine rings is 1. The zero-order valence-corrected chi connectivity index (χ0v) is 27.0. The second-order valence-electron chi connectivity index (χ2n) is 11.5. The van der Waals surface area contributed by atoms with Crippen molar-refractivity contribution >= 4 is 29.3 Å². The molecule has 2 aromatic carbocycles. The molecular weight excluding hydrogens is 674 g/mol. The third kappa shape index (κ3) is 10.9. The van der Waals surface area contributed by atoms with Crippen LogP contribution in [-0.4, -0.2) is 66.1 Å². The molecular formula is C34H34F6N4O6. The Bertz CT molecular complexity index is 1670. The summed E-state index contributed by atoms with van der Waals surface area (Å²) >= 11 is 0. The number of hydrogen-bond donors (Lipinski definition) is 3. The van der Waals surface area contributed by atoms with Crippen LogP contribution in [0.3, 0.4) is 0 Å². The van der Waals surface area contributed by atoms with E-state index in [1.807, 2.05) is 0 Å². The molecule has 3 aromatic rings. The molecule has 3 rings (SSSR count). The number of amides is 3. The highest BCUT2D eigenvalue weighted by atomic mass is 19.4. The summed E-state index contributed by atoms with van der Waals surface area (Å²) in [6, 6.07) is 12.2. The fraction of sp³-hybridized carbons (Fsp3) is 0.353. The van der Waals surface area contributed by atoms with Crippen molar-refractivity contribution in [3.05, 3.63) is 95.6 Å². The molecule has 50 heavy (non-hydrogen) atoms. The fourth-order valence-corrected chi connectivity index (χ4v) is 4.83. The summed E-state index contributed by atoms with van der Waals surface area (Å²) in [7, 11) is 1.37. The van der Waals surface area contributed by atoms with Gasteiger partial charge in [0.1, 0.15) is 35.9 Å². The summed E-state index contributed by atoms with van der Waals surface area (Å²) in [6.07, 6.45) is -4.93. The maximum atomic E-state index is 14.9. The van der Waals surface area contributed by atoms with E-state index < -0.39 is 84.1 Å². The number of halogens is 6. The first kappa shape index (κ1) is 39.2. The van der Waals surface area contributed by atoms with Crippen molar-refractivity contribution < 1.29 is 55.1 Å². The standard InChI is InChI=1S/C34H34F6N4O6/c1-19(2)24(29(46)34(39,40)32(49)42-18-33(36,37)38)17-27(45)28(21-10-12-23(50-3)13-11-21)44-31(48)26(16-20-7-6-8-22(35)15-20)43-30(47)25-9-4-5-14-41-25/h4-15,19,24,26,28H,16-18H2,1-3H3,(H,42,49)(H,43,47)(H,44,48)/t24-,26-,28-/m0/s1. The molecule has 3 amide bonds. The summed E-state index contributed by atoms with van der Waals surface area (Å²) in [5.41, 5.74) is 0.329. The van der Waals surface area contributed by atoms with Crippen LogP contribution in [0.4, 0.5) is 26.3 Å². The third-order valence-electron chi connectivity index (χ3n) is 7.51. The average molecular weight is 709 g/mol. The minimum absolute atomic E-state index is 0.0641.